The Hall–Kier alpha value is -1.05. The minimum Gasteiger partial charge on any atom is -0.363 e. The molecule has 0 spiro atoms. The maximum Gasteiger partial charge on any atom is 0.128 e. The largest absolute Gasteiger partial charge is 0.363 e. The van der Waals surface area contributed by atoms with Gasteiger partial charge in [0.1, 0.15) is 5.82 Å². The first-order valence-electron chi connectivity index (χ1n) is 5.84. The molecule has 0 fully saturated rings. The van der Waals surface area contributed by atoms with Crippen LogP contribution in [0.5, 0.6) is 0 Å². The molecule has 15 heavy (non-hydrogen) atoms. The molecule has 0 aliphatic heterocycles. The van der Waals surface area contributed by atoms with Crippen molar-refractivity contribution in [2.45, 2.75) is 39.5 Å². The molecule has 0 atom stereocenters. The number of aromatic nitrogens is 1. The van der Waals surface area contributed by atoms with Gasteiger partial charge in [-0.1, -0.05) is 26.7 Å². The maximum atomic E-state index is 4.63. The highest BCUT2D eigenvalue weighted by Gasteiger charge is 2.03. The van der Waals surface area contributed by atoms with Gasteiger partial charge in [-0.25, -0.2) is 4.98 Å². The fraction of sp³-hybridized carbons (Fsp3) is 0.615. The molecule has 1 aromatic rings. The summed E-state index contributed by atoms with van der Waals surface area (Å²) in [5.74, 6) is 1.09. The Morgan fingerprint density at radius 1 is 1.07 bits per heavy atom. The fourth-order valence-electron chi connectivity index (χ4n) is 1.68. The number of hydrogen-bond donors (Lipinski definition) is 0. The van der Waals surface area contributed by atoms with E-state index in [-0.39, 0.29) is 0 Å². The smallest absolute Gasteiger partial charge is 0.128 e. The molecule has 0 aliphatic carbocycles. The van der Waals surface area contributed by atoms with Gasteiger partial charge in [-0.05, 0) is 30.5 Å². The standard InChI is InChI=1S/C13H22N2/c1-5-7-11-9-12(8-6-2)14-13(10-11)15(3)4/h9-10H,5-8H2,1-4H3. The Kier molecular flexibility index (Phi) is 4.60. The summed E-state index contributed by atoms with van der Waals surface area (Å²) < 4.78 is 0. The lowest BCUT2D eigenvalue weighted by molar-refractivity contribution is 0.855. The normalized spacial score (nSPS) is 10.4. The molecule has 84 valence electrons. The molecule has 0 aliphatic rings. The second-order valence-electron chi connectivity index (χ2n) is 4.22. The molecule has 1 heterocycles. The van der Waals surface area contributed by atoms with E-state index in [0.29, 0.717) is 0 Å². The zero-order valence-corrected chi connectivity index (χ0v) is 10.4. The van der Waals surface area contributed by atoms with Gasteiger partial charge in [0.05, 0.1) is 0 Å². The van der Waals surface area contributed by atoms with E-state index in [9.17, 15) is 0 Å². The van der Waals surface area contributed by atoms with Gasteiger partial charge in [0, 0.05) is 19.8 Å². The number of nitrogens with zero attached hydrogens (tertiary/aromatic N) is 2. The molecule has 2 nitrogen and oxygen atoms in total. The Morgan fingerprint density at radius 3 is 2.27 bits per heavy atom. The number of hydrogen-bond acceptors (Lipinski definition) is 2. The van der Waals surface area contributed by atoms with Crippen LogP contribution in [0.4, 0.5) is 5.82 Å². The summed E-state index contributed by atoms with van der Waals surface area (Å²) in [5, 5.41) is 0. The van der Waals surface area contributed by atoms with Crippen LogP contribution in [0.1, 0.15) is 37.9 Å². The first-order chi connectivity index (χ1) is 7.17. The summed E-state index contributed by atoms with van der Waals surface area (Å²) >= 11 is 0. The highest BCUT2D eigenvalue weighted by molar-refractivity contribution is 5.41. The minimum atomic E-state index is 1.08. The third-order valence-electron chi connectivity index (χ3n) is 2.43. The fourth-order valence-corrected chi connectivity index (χ4v) is 1.68. The van der Waals surface area contributed by atoms with Crippen LogP contribution in [-0.4, -0.2) is 19.1 Å². The highest BCUT2D eigenvalue weighted by atomic mass is 15.1. The van der Waals surface area contributed by atoms with Crippen LogP contribution in [0.2, 0.25) is 0 Å². The molecule has 1 rings (SSSR count). The van der Waals surface area contributed by atoms with E-state index in [1.165, 1.54) is 17.7 Å². The third-order valence-corrected chi connectivity index (χ3v) is 2.43. The van der Waals surface area contributed by atoms with Crippen molar-refractivity contribution in [3.63, 3.8) is 0 Å². The van der Waals surface area contributed by atoms with Gasteiger partial charge in [-0.3, -0.25) is 0 Å². The minimum absolute atomic E-state index is 1.08. The summed E-state index contributed by atoms with van der Waals surface area (Å²) in [6, 6.07) is 4.45. The molecule has 1 aromatic heterocycles. The molecule has 0 bridgehead atoms. The summed E-state index contributed by atoms with van der Waals surface area (Å²) in [6.45, 7) is 4.42. The van der Waals surface area contributed by atoms with Crippen LogP contribution in [0.15, 0.2) is 12.1 Å². The van der Waals surface area contributed by atoms with Gasteiger partial charge in [-0.15, -0.1) is 0 Å². The average molecular weight is 206 g/mol. The van der Waals surface area contributed by atoms with Crippen LogP contribution >= 0.6 is 0 Å². The van der Waals surface area contributed by atoms with Crippen molar-refractivity contribution in [2.75, 3.05) is 19.0 Å². The van der Waals surface area contributed by atoms with Crippen molar-refractivity contribution >= 4 is 5.82 Å². The van der Waals surface area contributed by atoms with Crippen LogP contribution in [0.3, 0.4) is 0 Å². The molecule has 0 saturated carbocycles. The van der Waals surface area contributed by atoms with E-state index >= 15 is 0 Å². The van der Waals surface area contributed by atoms with E-state index in [1.807, 2.05) is 14.1 Å². The van der Waals surface area contributed by atoms with Gasteiger partial charge in [-0.2, -0.15) is 0 Å². The lowest BCUT2D eigenvalue weighted by Gasteiger charge is -2.14. The predicted molar refractivity (Wildman–Crippen MR) is 66.6 cm³/mol. The quantitative estimate of drug-likeness (QED) is 0.736. The van der Waals surface area contributed by atoms with E-state index < -0.39 is 0 Å². The molecule has 0 N–H and O–H groups in total. The maximum absolute atomic E-state index is 4.63. The summed E-state index contributed by atoms with van der Waals surface area (Å²) in [7, 11) is 4.10. The molecule has 0 saturated heterocycles. The first kappa shape index (κ1) is 12.0. The van der Waals surface area contributed by atoms with E-state index in [4.69, 9.17) is 0 Å². The van der Waals surface area contributed by atoms with Gasteiger partial charge >= 0.3 is 0 Å². The second kappa shape index (κ2) is 5.74. The zero-order valence-electron chi connectivity index (χ0n) is 10.4. The SMILES string of the molecule is CCCc1cc(CCC)nc(N(C)C)c1. The highest BCUT2D eigenvalue weighted by Crippen LogP contribution is 2.15. The van der Waals surface area contributed by atoms with Gasteiger partial charge in [0.2, 0.25) is 0 Å². The molecule has 0 unspecified atom stereocenters. The van der Waals surface area contributed by atoms with Crippen LogP contribution in [0.25, 0.3) is 0 Å². The van der Waals surface area contributed by atoms with Crippen molar-refractivity contribution < 1.29 is 0 Å². The average Bonchev–Trinajstić information content (AvgIpc) is 2.18. The molecule has 0 amide bonds. The Balaban J connectivity index is 2.97. The second-order valence-corrected chi connectivity index (χ2v) is 4.22. The lowest BCUT2D eigenvalue weighted by Crippen LogP contribution is -2.12. The molecular weight excluding hydrogens is 184 g/mol. The van der Waals surface area contributed by atoms with Crippen molar-refractivity contribution in [3.05, 3.63) is 23.4 Å². The Bertz CT molecular complexity index is 281. The molecular formula is C13H22N2. The summed E-state index contributed by atoms with van der Waals surface area (Å²) in [5.41, 5.74) is 2.65. The number of pyridine rings is 1. The summed E-state index contributed by atoms with van der Waals surface area (Å²) in [6.07, 6.45) is 4.59. The number of aryl methyl sites for hydroxylation is 2. The monoisotopic (exact) mass is 206 g/mol. The predicted octanol–water partition coefficient (Wildman–Crippen LogP) is 3.05. The Labute approximate surface area is 93.3 Å². The van der Waals surface area contributed by atoms with Crippen molar-refractivity contribution in [3.8, 4) is 0 Å². The molecule has 0 aromatic carbocycles. The first-order valence-corrected chi connectivity index (χ1v) is 5.84. The molecule has 2 heteroatoms. The third kappa shape index (κ3) is 3.54. The Morgan fingerprint density at radius 2 is 1.73 bits per heavy atom. The van der Waals surface area contributed by atoms with E-state index in [1.54, 1.807) is 0 Å². The number of anilines is 1. The van der Waals surface area contributed by atoms with E-state index in [0.717, 1.165) is 25.1 Å². The van der Waals surface area contributed by atoms with Gasteiger partial charge in [0.25, 0.3) is 0 Å². The van der Waals surface area contributed by atoms with Crippen LogP contribution in [-0.2, 0) is 12.8 Å². The van der Waals surface area contributed by atoms with Crippen molar-refractivity contribution in [1.29, 1.82) is 0 Å². The molecule has 0 radical (unpaired) electrons. The van der Waals surface area contributed by atoms with Crippen molar-refractivity contribution in [2.24, 2.45) is 0 Å². The van der Waals surface area contributed by atoms with E-state index in [2.05, 4.69) is 35.9 Å². The lowest BCUT2D eigenvalue weighted by atomic mass is 10.1. The zero-order chi connectivity index (χ0) is 11.3. The van der Waals surface area contributed by atoms with Crippen LogP contribution in [0, 0.1) is 0 Å². The number of rotatable bonds is 5. The summed E-state index contributed by atoms with van der Waals surface area (Å²) in [4.78, 5) is 6.71. The van der Waals surface area contributed by atoms with Crippen molar-refractivity contribution in [1.82, 2.24) is 4.98 Å². The van der Waals surface area contributed by atoms with Gasteiger partial charge in [0.15, 0.2) is 0 Å². The van der Waals surface area contributed by atoms with Gasteiger partial charge < -0.3 is 4.90 Å². The topological polar surface area (TPSA) is 16.1 Å². The van der Waals surface area contributed by atoms with Crippen LogP contribution < -0.4 is 4.90 Å².